The summed E-state index contributed by atoms with van der Waals surface area (Å²) >= 11 is 1.75. The number of para-hydroxylation sites is 2. The maximum atomic E-state index is 9.90. The molecular formula is C56H34N6S. The van der Waals surface area contributed by atoms with Gasteiger partial charge in [-0.05, 0) is 93.0 Å². The Kier molecular flexibility index (Phi) is 7.63. The lowest BCUT2D eigenvalue weighted by molar-refractivity contribution is 0.793. The molecule has 0 radical (unpaired) electrons. The summed E-state index contributed by atoms with van der Waals surface area (Å²) in [6, 6.07) is 64.7. The Labute approximate surface area is 367 Å². The minimum atomic E-state index is -0.600. The summed E-state index contributed by atoms with van der Waals surface area (Å²) in [7, 11) is 0. The monoisotopic (exact) mass is 822 g/mol. The topological polar surface area (TPSA) is 80.3 Å². The van der Waals surface area contributed by atoms with Crippen LogP contribution in [0.15, 0.2) is 176 Å². The van der Waals surface area contributed by atoms with Crippen molar-refractivity contribution in [1.29, 1.82) is 5.26 Å². The zero-order valence-corrected chi connectivity index (χ0v) is 34.9. The molecule has 8 aromatic carbocycles. The van der Waals surface area contributed by atoms with E-state index in [4.69, 9.17) is 19.9 Å². The van der Waals surface area contributed by atoms with Crippen LogP contribution in [0.3, 0.4) is 0 Å². The molecule has 2 aliphatic carbocycles. The molecule has 3 aromatic heterocycles. The molecule has 2 aliphatic rings. The van der Waals surface area contributed by atoms with Crippen molar-refractivity contribution in [1.82, 2.24) is 24.5 Å². The second kappa shape index (κ2) is 13.5. The van der Waals surface area contributed by atoms with E-state index < -0.39 is 5.41 Å². The summed E-state index contributed by atoms with van der Waals surface area (Å²) in [5.74, 6) is 2.91. The first-order valence-corrected chi connectivity index (χ1v) is 22.1. The standard InChI is InChI=1S/C56H34N6S/c1-2-50-58-46-19-11-12-20-47(46)62(50)37-23-26-43-40(31-37)38-17-9-10-18-42(38)56(43)44-25-22-36(55-60-53(34-13-5-3-6-14-34)59-54(61-55)35-15-7-4-8-16-35)30-41(44)51-45(56)27-28-48-52(51)39-24-21-33(32-57)29-49(39)63-48/h3-31H,2H2,1H3. The highest BCUT2D eigenvalue weighted by atomic mass is 32.1. The van der Waals surface area contributed by atoms with Crippen LogP contribution in [0.1, 0.15) is 40.6 Å². The fraction of sp³-hybridized carbons (Fsp3) is 0.0536. The predicted octanol–water partition coefficient (Wildman–Crippen LogP) is 13.4. The van der Waals surface area contributed by atoms with Crippen molar-refractivity contribution >= 4 is 42.5 Å². The van der Waals surface area contributed by atoms with Gasteiger partial charge < -0.3 is 0 Å². The molecular weight excluding hydrogens is 789 g/mol. The number of benzene rings is 8. The van der Waals surface area contributed by atoms with E-state index in [1.807, 2.05) is 72.8 Å². The van der Waals surface area contributed by atoms with Crippen molar-refractivity contribution in [2.45, 2.75) is 18.8 Å². The van der Waals surface area contributed by atoms with Crippen LogP contribution in [0, 0.1) is 11.3 Å². The second-order valence-electron chi connectivity index (χ2n) is 16.3. The molecule has 63 heavy (non-hydrogen) atoms. The molecule has 3 heterocycles. The van der Waals surface area contributed by atoms with Gasteiger partial charge in [0.2, 0.25) is 0 Å². The molecule has 11 aromatic rings. The summed E-state index contributed by atoms with van der Waals surface area (Å²) in [6.07, 6.45) is 0.816. The van der Waals surface area contributed by atoms with E-state index in [1.54, 1.807) is 11.3 Å². The minimum absolute atomic E-state index is 0.600. The Morgan fingerprint density at radius 3 is 1.95 bits per heavy atom. The molecule has 294 valence electrons. The van der Waals surface area contributed by atoms with Crippen molar-refractivity contribution in [3.8, 4) is 68.2 Å². The largest absolute Gasteiger partial charge is 0.296 e. The maximum Gasteiger partial charge on any atom is 0.164 e. The molecule has 0 N–H and O–H groups in total. The van der Waals surface area contributed by atoms with Gasteiger partial charge >= 0.3 is 0 Å². The summed E-state index contributed by atoms with van der Waals surface area (Å²) in [5, 5.41) is 12.3. The third-order valence-electron chi connectivity index (χ3n) is 13.1. The Morgan fingerprint density at radius 1 is 0.540 bits per heavy atom. The van der Waals surface area contributed by atoms with Crippen LogP contribution in [0.4, 0.5) is 0 Å². The average molecular weight is 823 g/mol. The second-order valence-corrected chi connectivity index (χ2v) is 17.4. The van der Waals surface area contributed by atoms with Crippen molar-refractivity contribution in [2.24, 2.45) is 0 Å². The Hall–Kier alpha value is -8.05. The van der Waals surface area contributed by atoms with Crippen LogP contribution in [0.2, 0.25) is 0 Å². The lowest BCUT2D eigenvalue weighted by Crippen LogP contribution is -2.25. The van der Waals surface area contributed by atoms with Gasteiger partial charge in [0.15, 0.2) is 17.5 Å². The van der Waals surface area contributed by atoms with E-state index in [1.165, 1.54) is 49.0 Å². The highest BCUT2D eigenvalue weighted by Gasteiger charge is 2.52. The maximum absolute atomic E-state index is 9.90. The van der Waals surface area contributed by atoms with Gasteiger partial charge in [0.25, 0.3) is 0 Å². The molecule has 0 saturated heterocycles. The van der Waals surface area contributed by atoms with Crippen molar-refractivity contribution in [3.05, 3.63) is 210 Å². The predicted molar refractivity (Wildman–Crippen MR) is 254 cm³/mol. The SMILES string of the molecule is CCc1nc2ccccc2n1-c1ccc2c(c1)-c1ccccc1C21c2ccc(-c3nc(-c4ccccc4)nc(-c4ccccc4)n3)cc2-c2c1ccc1sc3cc(C#N)ccc3c21. The van der Waals surface area contributed by atoms with Crippen LogP contribution in [-0.2, 0) is 11.8 Å². The third-order valence-corrected chi connectivity index (χ3v) is 14.2. The molecule has 0 fully saturated rings. The van der Waals surface area contributed by atoms with Crippen LogP contribution < -0.4 is 0 Å². The molecule has 7 heteroatoms. The molecule has 0 saturated carbocycles. The Morgan fingerprint density at radius 2 is 1.19 bits per heavy atom. The van der Waals surface area contributed by atoms with E-state index in [-0.39, 0.29) is 0 Å². The van der Waals surface area contributed by atoms with Gasteiger partial charge in [0.1, 0.15) is 5.82 Å². The van der Waals surface area contributed by atoms with Gasteiger partial charge in [-0.15, -0.1) is 11.3 Å². The molecule has 6 nitrogen and oxygen atoms in total. The first kappa shape index (κ1) is 35.7. The quantitative estimate of drug-likeness (QED) is 0.173. The van der Waals surface area contributed by atoms with E-state index in [0.29, 0.717) is 23.0 Å². The summed E-state index contributed by atoms with van der Waals surface area (Å²) < 4.78 is 4.61. The number of nitriles is 1. The summed E-state index contributed by atoms with van der Waals surface area (Å²) in [5.41, 5.74) is 15.9. The van der Waals surface area contributed by atoms with Gasteiger partial charge in [-0.2, -0.15) is 5.26 Å². The molecule has 1 atom stereocenters. The van der Waals surface area contributed by atoms with Gasteiger partial charge in [0.05, 0.1) is 28.1 Å². The zero-order chi connectivity index (χ0) is 41.8. The molecule has 1 unspecified atom stereocenters. The van der Waals surface area contributed by atoms with Crippen LogP contribution in [0.5, 0.6) is 0 Å². The van der Waals surface area contributed by atoms with Crippen LogP contribution in [0.25, 0.3) is 93.3 Å². The third kappa shape index (κ3) is 5.04. The molecule has 1 spiro atoms. The highest BCUT2D eigenvalue weighted by molar-refractivity contribution is 7.26. The summed E-state index contributed by atoms with van der Waals surface area (Å²) in [6.45, 7) is 2.17. The average Bonchev–Trinajstić information content (AvgIpc) is 4.08. The molecule has 0 bridgehead atoms. The molecule has 0 aliphatic heterocycles. The molecule has 13 rings (SSSR count). The van der Waals surface area contributed by atoms with Crippen molar-refractivity contribution < 1.29 is 0 Å². The van der Waals surface area contributed by atoms with E-state index in [2.05, 4.69) is 121 Å². The smallest absolute Gasteiger partial charge is 0.164 e. The fourth-order valence-electron chi connectivity index (χ4n) is 10.4. The van der Waals surface area contributed by atoms with E-state index >= 15 is 0 Å². The number of hydrogen-bond acceptors (Lipinski definition) is 6. The highest BCUT2D eigenvalue weighted by Crippen LogP contribution is 2.65. The molecule has 0 amide bonds. The van der Waals surface area contributed by atoms with E-state index in [0.717, 1.165) is 61.3 Å². The minimum Gasteiger partial charge on any atom is -0.296 e. The van der Waals surface area contributed by atoms with Crippen molar-refractivity contribution in [2.75, 3.05) is 0 Å². The first-order valence-electron chi connectivity index (χ1n) is 21.3. The zero-order valence-electron chi connectivity index (χ0n) is 34.0. The van der Waals surface area contributed by atoms with Crippen molar-refractivity contribution in [3.63, 3.8) is 0 Å². The number of aromatic nitrogens is 5. The lowest BCUT2D eigenvalue weighted by atomic mass is 9.70. The number of fused-ring (bicyclic) bond motifs is 15. The lowest BCUT2D eigenvalue weighted by Gasteiger charge is -2.30. The Balaban J connectivity index is 1.10. The van der Waals surface area contributed by atoms with Gasteiger partial charge in [-0.25, -0.2) is 19.9 Å². The summed E-state index contributed by atoms with van der Waals surface area (Å²) in [4.78, 5) is 20.4. The van der Waals surface area contributed by atoms with Gasteiger partial charge in [-0.3, -0.25) is 4.57 Å². The fourth-order valence-corrected chi connectivity index (χ4v) is 11.6. The number of aryl methyl sites for hydroxylation is 1. The number of nitrogens with zero attached hydrogens (tertiary/aromatic N) is 6. The van der Waals surface area contributed by atoms with E-state index in [9.17, 15) is 5.26 Å². The number of thiophene rings is 1. The Bertz CT molecular complexity index is 3690. The number of rotatable bonds is 5. The van der Waals surface area contributed by atoms with Crippen LogP contribution in [-0.4, -0.2) is 24.5 Å². The van der Waals surface area contributed by atoms with Gasteiger partial charge in [0, 0.05) is 49.0 Å². The normalized spacial score (nSPS) is 14.5. The number of imidazole rings is 1. The first-order chi connectivity index (χ1) is 31.1. The van der Waals surface area contributed by atoms with Crippen LogP contribution >= 0.6 is 11.3 Å². The number of hydrogen-bond donors (Lipinski definition) is 0. The van der Waals surface area contributed by atoms with Gasteiger partial charge in [-0.1, -0.05) is 134 Å².